The second kappa shape index (κ2) is 6.33. The molecule has 1 aromatic rings. The summed E-state index contributed by atoms with van der Waals surface area (Å²) in [5.74, 6) is 2.72. The first-order chi connectivity index (χ1) is 9.12. The summed E-state index contributed by atoms with van der Waals surface area (Å²) in [7, 11) is 1.95. The molecule has 1 fully saturated rings. The molecule has 4 heteroatoms. The molecule has 1 aliphatic carbocycles. The van der Waals surface area contributed by atoms with Crippen LogP contribution in [0.2, 0.25) is 0 Å². The van der Waals surface area contributed by atoms with Gasteiger partial charge in [0.1, 0.15) is 11.6 Å². The lowest BCUT2D eigenvalue weighted by Crippen LogP contribution is -2.35. The van der Waals surface area contributed by atoms with E-state index < -0.39 is 0 Å². The Hall–Kier alpha value is -1.16. The Balaban J connectivity index is 1.88. The van der Waals surface area contributed by atoms with Crippen LogP contribution >= 0.6 is 0 Å². The molecule has 1 aromatic heterocycles. The lowest BCUT2D eigenvalue weighted by molar-refractivity contribution is 0.134. The van der Waals surface area contributed by atoms with Crippen LogP contribution < -0.4 is 10.6 Å². The van der Waals surface area contributed by atoms with Gasteiger partial charge in [-0.1, -0.05) is 20.3 Å². The van der Waals surface area contributed by atoms with Crippen LogP contribution in [-0.2, 0) is 6.42 Å². The second-order valence-electron chi connectivity index (χ2n) is 6.18. The Morgan fingerprint density at radius 1 is 1.37 bits per heavy atom. The SMILES string of the molecule is CNCCc1nccc(NCC(C)(C)C2CCC2)n1. The normalized spacial score (nSPS) is 16.2. The highest BCUT2D eigenvalue weighted by atomic mass is 15.0. The molecular formula is C15H26N4. The molecule has 2 N–H and O–H groups in total. The van der Waals surface area contributed by atoms with Crippen LogP contribution in [0.25, 0.3) is 0 Å². The number of anilines is 1. The quantitative estimate of drug-likeness (QED) is 0.792. The van der Waals surface area contributed by atoms with Crippen molar-refractivity contribution in [2.45, 2.75) is 39.5 Å². The minimum absolute atomic E-state index is 0.355. The highest BCUT2D eigenvalue weighted by molar-refractivity contribution is 5.33. The summed E-state index contributed by atoms with van der Waals surface area (Å²) in [6.07, 6.45) is 6.88. The van der Waals surface area contributed by atoms with E-state index in [0.717, 1.165) is 37.1 Å². The van der Waals surface area contributed by atoms with E-state index in [1.165, 1.54) is 19.3 Å². The van der Waals surface area contributed by atoms with E-state index in [1.807, 2.05) is 19.3 Å². The van der Waals surface area contributed by atoms with Crippen molar-refractivity contribution in [1.82, 2.24) is 15.3 Å². The van der Waals surface area contributed by atoms with E-state index in [9.17, 15) is 0 Å². The van der Waals surface area contributed by atoms with Gasteiger partial charge in [-0.15, -0.1) is 0 Å². The van der Waals surface area contributed by atoms with Gasteiger partial charge in [-0.2, -0.15) is 0 Å². The number of hydrogen-bond acceptors (Lipinski definition) is 4. The third-order valence-electron chi connectivity index (χ3n) is 4.24. The molecule has 19 heavy (non-hydrogen) atoms. The topological polar surface area (TPSA) is 49.8 Å². The van der Waals surface area contributed by atoms with Crippen LogP contribution in [0.15, 0.2) is 12.3 Å². The molecule has 1 saturated carbocycles. The first-order valence-corrected chi connectivity index (χ1v) is 7.32. The molecule has 0 radical (unpaired) electrons. The van der Waals surface area contributed by atoms with Gasteiger partial charge in [0.05, 0.1) is 0 Å². The van der Waals surface area contributed by atoms with Gasteiger partial charge in [-0.05, 0) is 37.3 Å². The van der Waals surface area contributed by atoms with Crippen molar-refractivity contribution < 1.29 is 0 Å². The van der Waals surface area contributed by atoms with Crippen molar-refractivity contribution in [1.29, 1.82) is 0 Å². The highest BCUT2D eigenvalue weighted by Crippen LogP contribution is 2.41. The summed E-state index contributed by atoms with van der Waals surface area (Å²) in [6.45, 7) is 6.61. The third-order valence-corrected chi connectivity index (χ3v) is 4.24. The lowest BCUT2D eigenvalue weighted by atomic mass is 9.67. The summed E-state index contributed by atoms with van der Waals surface area (Å²) in [4.78, 5) is 8.85. The molecule has 4 nitrogen and oxygen atoms in total. The van der Waals surface area contributed by atoms with E-state index in [4.69, 9.17) is 0 Å². The Labute approximate surface area is 116 Å². The van der Waals surface area contributed by atoms with Crippen molar-refractivity contribution in [2.24, 2.45) is 11.3 Å². The number of hydrogen-bond donors (Lipinski definition) is 2. The molecule has 2 rings (SSSR count). The molecular weight excluding hydrogens is 236 g/mol. The predicted molar refractivity (Wildman–Crippen MR) is 79.3 cm³/mol. The van der Waals surface area contributed by atoms with Crippen LogP contribution in [0.4, 0.5) is 5.82 Å². The van der Waals surface area contributed by atoms with Gasteiger partial charge in [0, 0.05) is 25.7 Å². The fourth-order valence-corrected chi connectivity index (χ4v) is 2.51. The molecule has 0 spiro atoms. The smallest absolute Gasteiger partial charge is 0.131 e. The van der Waals surface area contributed by atoms with Crippen molar-refractivity contribution in [3.8, 4) is 0 Å². The van der Waals surface area contributed by atoms with E-state index in [2.05, 4.69) is 34.4 Å². The number of rotatable bonds is 7. The molecule has 0 aliphatic heterocycles. The van der Waals surface area contributed by atoms with Crippen LogP contribution in [0.3, 0.4) is 0 Å². The number of nitrogens with one attached hydrogen (secondary N) is 2. The molecule has 0 bridgehead atoms. The molecule has 1 heterocycles. The third kappa shape index (κ3) is 3.90. The van der Waals surface area contributed by atoms with Crippen LogP contribution in [0.1, 0.15) is 38.9 Å². The first-order valence-electron chi connectivity index (χ1n) is 7.32. The zero-order chi connectivity index (χ0) is 13.7. The van der Waals surface area contributed by atoms with E-state index in [0.29, 0.717) is 5.41 Å². The largest absolute Gasteiger partial charge is 0.369 e. The van der Waals surface area contributed by atoms with Gasteiger partial charge in [0.2, 0.25) is 0 Å². The molecule has 0 aromatic carbocycles. The molecule has 0 saturated heterocycles. The summed E-state index contributed by atoms with van der Waals surface area (Å²) in [5, 5.41) is 6.60. The maximum absolute atomic E-state index is 4.55. The van der Waals surface area contributed by atoms with E-state index in [-0.39, 0.29) is 0 Å². The van der Waals surface area contributed by atoms with E-state index >= 15 is 0 Å². The standard InChI is InChI=1S/C15H26N4/c1-15(2,12-5-4-6-12)11-18-14-8-10-17-13(19-14)7-9-16-3/h8,10,12,16H,4-7,9,11H2,1-3H3,(H,17,18,19). The molecule has 0 amide bonds. The Morgan fingerprint density at radius 3 is 2.79 bits per heavy atom. The molecule has 0 unspecified atom stereocenters. The average molecular weight is 262 g/mol. The maximum atomic E-state index is 4.55. The van der Waals surface area contributed by atoms with Gasteiger partial charge < -0.3 is 10.6 Å². The first kappa shape index (κ1) is 14.3. The van der Waals surface area contributed by atoms with Crippen LogP contribution in [-0.4, -0.2) is 30.1 Å². The highest BCUT2D eigenvalue weighted by Gasteiger charge is 2.33. The Bertz CT molecular complexity index is 399. The van der Waals surface area contributed by atoms with Crippen molar-refractivity contribution in [3.63, 3.8) is 0 Å². The fraction of sp³-hybridized carbons (Fsp3) is 0.733. The second-order valence-corrected chi connectivity index (χ2v) is 6.18. The van der Waals surface area contributed by atoms with Crippen molar-refractivity contribution >= 4 is 5.82 Å². The van der Waals surface area contributed by atoms with Gasteiger partial charge in [0.25, 0.3) is 0 Å². The zero-order valence-electron chi connectivity index (χ0n) is 12.4. The summed E-state index contributed by atoms with van der Waals surface area (Å²) >= 11 is 0. The van der Waals surface area contributed by atoms with Gasteiger partial charge in [-0.25, -0.2) is 9.97 Å². The lowest BCUT2D eigenvalue weighted by Gasteiger charge is -2.40. The van der Waals surface area contributed by atoms with Crippen molar-refractivity contribution in [3.05, 3.63) is 18.1 Å². The van der Waals surface area contributed by atoms with Gasteiger partial charge in [-0.3, -0.25) is 0 Å². The fourth-order valence-electron chi connectivity index (χ4n) is 2.51. The minimum atomic E-state index is 0.355. The van der Waals surface area contributed by atoms with Crippen molar-refractivity contribution in [2.75, 3.05) is 25.5 Å². The van der Waals surface area contributed by atoms with Crippen LogP contribution in [0, 0.1) is 11.3 Å². The van der Waals surface area contributed by atoms with Gasteiger partial charge in [0.15, 0.2) is 0 Å². The molecule has 0 atom stereocenters. The zero-order valence-corrected chi connectivity index (χ0v) is 12.4. The number of nitrogens with zero attached hydrogens (tertiary/aromatic N) is 2. The summed E-state index contributed by atoms with van der Waals surface area (Å²) in [5.41, 5.74) is 0.355. The van der Waals surface area contributed by atoms with Gasteiger partial charge >= 0.3 is 0 Å². The average Bonchev–Trinajstić information content (AvgIpc) is 2.32. The molecule has 1 aliphatic rings. The Morgan fingerprint density at radius 2 is 2.16 bits per heavy atom. The monoisotopic (exact) mass is 262 g/mol. The summed E-state index contributed by atoms with van der Waals surface area (Å²) in [6, 6.07) is 1.96. The Kier molecular flexibility index (Phi) is 4.75. The summed E-state index contributed by atoms with van der Waals surface area (Å²) < 4.78 is 0. The van der Waals surface area contributed by atoms with Crippen LogP contribution in [0.5, 0.6) is 0 Å². The predicted octanol–water partition coefficient (Wildman–Crippen LogP) is 2.48. The number of aromatic nitrogens is 2. The maximum Gasteiger partial charge on any atom is 0.131 e. The number of likely N-dealkylation sites (N-methyl/N-ethyl adjacent to an activating group) is 1. The minimum Gasteiger partial charge on any atom is -0.369 e. The molecule has 106 valence electrons. The van der Waals surface area contributed by atoms with E-state index in [1.54, 1.807) is 0 Å².